The van der Waals surface area contributed by atoms with Gasteiger partial charge in [0.15, 0.2) is 0 Å². The van der Waals surface area contributed by atoms with Crippen LogP contribution in [0.3, 0.4) is 0 Å². The monoisotopic (exact) mass is 402 g/mol. The quantitative estimate of drug-likeness (QED) is 0.210. The lowest BCUT2D eigenvalue weighted by Crippen LogP contribution is -2.09. The van der Waals surface area contributed by atoms with Crippen molar-refractivity contribution in [2.24, 2.45) is 5.41 Å². The van der Waals surface area contributed by atoms with Crippen LogP contribution >= 0.6 is 0 Å². The topological polar surface area (TPSA) is 9.23 Å². The molecular formula is C28H50O. The molecule has 0 aliphatic carbocycles. The number of hydrogen-bond donors (Lipinski definition) is 0. The van der Waals surface area contributed by atoms with Gasteiger partial charge in [-0.2, -0.15) is 0 Å². The van der Waals surface area contributed by atoms with Gasteiger partial charge in [-0.1, -0.05) is 128 Å². The molecule has 0 heterocycles. The van der Waals surface area contributed by atoms with E-state index in [0.717, 1.165) is 13.2 Å². The third kappa shape index (κ3) is 18.9. The Hall–Kier alpha value is -0.820. The zero-order valence-corrected chi connectivity index (χ0v) is 20.0. The minimum absolute atomic E-state index is 0.405. The van der Waals surface area contributed by atoms with Crippen molar-refractivity contribution < 1.29 is 4.74 Å². The summed E-state index contributed by atoms with van der Waals surface area (Å²) in [5.74, 6) is 0. The zero-order valence-electron chi connectivity index (χ0n) is 20.0. The van der Waals surface area contributed by atoms with Gasteiger partial charge in [0.05, 0.1) is 0 Å². The fraction of sp³-hybridized carbons (Fsp3) is 0.786. The van der Waals surface area contributed by atoms with Crippen molar-refractivity contribution in [3.05, 3.63) is 35.9 Å². The Bertz CT molecular complexity index is 445. The molecule has 0 saturated heterocycles. The third-order valence-corrected chi connectivity index (χ3v) is 5.84. The molecular weight excluding hydrogens is 352 g/mol. The van der Waals surface area contributed by atoms with Crippen LogP contribution in [-0.4, -0.2) is 13.2 Å². The summed E-state index contributed by atoms with van der Waals surface area (Å²) in [5.41, 5.74) is 1.90. The van der Waals surface area contributed by atoms with Gasteiger partial charge in [-0.25, -0.2) is 0 Å². The van der Waals surface area contributed by atoms with Crippen molar-refractivity contribution in [3.8, 4) is 0 Å². The van der Waals surface area contributed by atoms with E-state index in [1.165, 1.54) is 108 Å². The predicted molar refractivity (Wildman–Crippen MR) is 130 cm³/mol. The number of hydrogen-bond acceptors (Lipinski definition) is 1. The fourth-order valence-electron chi connectivity index (χ4n) is 3.78. The van der Waals surface area contributed by atoms with Crippen molar-refractivity contribution >= 4 is 0 Å². The molecule has 0 aliphatic heterocycles. The molecule has 1 heteroatoms. The van der Waals surface area contributed by atoms with E-state index in [2.05, 4.69) is 51.1 Å². The third-order valence-electron chi connectivity index (χ3n) is 5.84. The Morgan fingerprint density at radius 1 is 0.552 bits per heavy atom. The van der Waals surface area contributed by atoms with E-state index in [-0.39, 0.29) is 0 Å². The Balaban J connectivity index is 1.69. The maximum Gasteiger partial charge on any atom is 0.0471 e. The molecule has 0 saturated carbocycles. The maximum atomic E-state index is 5.74. The summed E-state index contributed by atoms with van der Waals surface area (Å²) < 4.78 is 5.74. The zero-order chi connectivity index (χ0) is 21.0. The molecule has 29 heavy (non-hydrogen) atoms. The molecule has 0 aliphatic rings. The summed E-state index contributed by atoms with van der Waals surface area (Å²) in [4.78, 5) is 0. The normalized spacial score (nSPS) is 11.8. The minimum Gasteiger partial charge on any atom is -0.381 e. The maximum absolute atomic E-state index is 5.74. The molecule has 0 fully saturated rings. The summed E-state index contributed by atoms with van der Waals surface area (Å²) in [5, 5.41) is 0. The lowest BCUT2D eigenvalue weighted by Gasteiger charge is -2.17. The van der Waals surface area contributed by atoms with Crippen molar-refractivity contribution in [2.75, 3.05) is 13.2 Å². The number of benzene rings is 1. The van der Waals surface area contributed by atoms with Crippen LogP contribution in [0, 0.1) is 5.41 Å². The molecule has 0 bridgehead atoms. The van der Waals surface area contributed by atoms with E-state index in [1.54, 1.807) is 0 Å². The highest BCUT2D eigenvalue weighted by Crippen LogP contribution is 2.18. The molecule has 0 amide bonds. The van der Waals surface area contributed by atoms with Gasteiger partial charge in [0.25, 0.3) is 0 Å². The molecule has 0 spiro atoms. The lowest BCUT2D eigenvalue weighted by atomic mass is 9.93. The standard InChI is InChI=1S/C28H50O/c1-28(2,3)24-26-29-25-20-15-13-11-9-7-5-4-6-8-10-12-14-17-21-27-22-18-16-19-23-27/h16,18-19,22-23H,4-15,17,20-21,24-26H2,1-3H3. The molecule has 0 N–H and O–H groups in total. The first-order chi connectivity index (χ1) is 14.1. The summed E-state index contributed by atoms with van der Waals surface area (Å²) in [6.45, 7) is 8.74. The Morgan fingerprint density at radius 2 is 1.00 bits per heavy atom. The van der Waals surface area contributed by atoms with Crippen LogP contribution in [0.15, 0.2) is 30.3 Å². The molecule has 0 radical (unpaired) electrons. The summed E-state index contributed by atoms with van der Waals surface area (Å²) in [7, 11) is 0. The first kappa shape index (κ1) is 26.2. The first-order valence-electron chi connectivity index (χ1n) is 12.7. The average Bonchev–Trinajstić information content (AvgIpc) is 2.69. The highest BCUT2D eigenvalue weighted by Gasteiger charge is 2.08. The van der Waals surface area contributed by atoms with Gasteiger partial charge >= 0.3 is 0 Å². The van der Waals surface area contributed by atoms with E-state index >= 15 is 0 Å². The van der Waals surface area contributed by atoms with Crippen LogP contribution in [0.2, 0.25) is 0 Å². The molecule has 1 aromatic carbocycles. The van der Waals surface area contributed by atoms with Crippen molar-refractivity contribution in [1.29, 1.82) is 0 Å². The van der Waals surface area contributed by atoms with Gasteiger partial charge in [-0.05, 0) is 36.7 Å². The van der Waals surface area contributed by atoms with Crippen molar-refractivity contribution in [2.45, 2.75) is 124 Å². The Kier molecular flexibility index (Phi) is 16.3. The molecule has 168 valence electrons. The van der Waals surface area contributed by atoms with Gasteiger partial charge in [-0.3, -0.25) is 0 Å². The number of aryl methyl sites for hydroxylation is 1. The molecule has 0 aromatic heterocycles. The van der Waals surface area contributed by atoms with Crippen molar-refractivity contribution in [3.63, 3.8) is 0 Å². The van der Waals surface area contributed by atoms with E-state index < -0.39 is 0 Å². The summed E-state index contributed by atoms with van der Waals surface area (Å²) in [6.07, 6.45) is 22.1. The molecule has 1 nitrogen and oxygen atoms in total. The van der Waals surface area contributed by atoms with Crippen LogP contribution in [0.5, 0.6) is 0 Å². The van der Waals surface area contributed by atoms with E-state index in [9.17, 15) is 0 Å². The van der Waals surface area contributed by atoms with Crippen molar-refractivity contribution in [1.82, 2.24) is 0 Å². The summed E-state index contributed by atoms with van der Waals surface area (Å²) >= 11 is 0. The molecule has 0 atom stereocenters. The highest BCUT2D eigenvalue weighted by molar-refractivity contribution is 5.14. The second-order valence-corrected chi connectivity index (χ2v) is 10.1. The second kappa shape index (κ2) is 18.0. The molecule has 0 unspecified atom stereocenters. The van der Waals surface area contributed by atoms with Gasteiger partial charge in [0, 0.05) is 13.2 Å². The average molecular weight is 403 g/mol. The van der Waals surface area contributed by atoms with Crippen LogP contribution < -0.4 is 0 Å². The SMILES string of the molecule is CC(C)(C)CCOCCCCCCCCCCCCCCCCc1ccccc1. The van der Waals surface area contributed by atoms with Crippen LogP contribution in [0.25, 0.3) is 0 Å². The largest absolute Gasteiger partial charge is 0.381 e. The van der Waals surface area contributed by atoms with Crippen LogP contribution in [-0.2, 0) is 11.2 Å². The predicted octanol–water partition coefficient (Wildman–Crippen LogP) is 9.14. The number of ether oxygens (including phenoxy) is 1. The highest BCUT2D eigenvalue weighted by atomic mass is 16.5. The smallest absolute Gasteiger partial charge is 0.0471 e. The Morgan fingerprint density at radius 3 is 1.48 bits per heavy atom. The summed E-state index contributed by atoms with van der Waals surface area (Å²) in [6, 6.07) is 10.9. The minimum atomic E-state index is 0.405. The van der Waals surface area contributed by atoms with Gasteiger partial charge in [-0.15, -0.1) is 0 Å². The number of rotatable bonds is 19. The van der Waals surface area contributed by atoms with E-state index in [4.69, 9.17) is 4.74 Å². The first-order valence-corrected chi connectivity index (χ1v) is 12.7. The Labute approximate surface area is 183 Å². The van der Waals surface area contributed by atoms with Crippen LogP contribution in [0.1, 0.15) is 123 Å². The van der Waals surface area contributed by atoms with Crippen LogP contribution in [0.4, 0.5) is 0 Å². The fourth-order valence-corrected chi connectivity index (χ4v) is 3.78. The second-order valence-electron chi connectivity index (χ2n) is 10.1. The van der Waals surface area contributed by atoms with E-state index in [0.29, 0.717) is 5.41 Å². The van der Waals surface area contributed by atoms with Gasteiger partial charge < -0.3 is 4.74 Å². The van der Waals surface area contributed by atoms with E-state index in [1.807, 2.05) is 0 Å². The molecule has 1 aromatic rings. The lowest BCUT2D eigenvalue weighted by molar-refractivity contribution is 0.105. The van der Waals surface area contributed by atoms with Gasteiger partial charge in [0.2, 0.25) is 0 Å². The van der Waals surface area contributed by atoms with Gasteiger partial charge in [0.1, 0.15) is 0 Å². The number of unbranched alkanes of at least 4 members (excludes halogenated alkanes) is 13. The molecule has 1 rings (SSSR count).